The monoisotopic (exact) mass is 770 g/mol. The highest BCUT2D eigenvalue weighted by atomic mass is 128. The van der Waals surface area contributed by atoms with E-state index in [1.807, 2.05) is 0 Å². The first-order valence-corrected chi connectivity index (χ1v) is 16.2. The summed E-state index contributed by atoms with van der Waals surface area (Å²) < 4.78 is 15.0. The predicted molar refractivity (Wildman–Crippen MR) is 156 cm³/mol. The highest BCUT2D eigenvalue weighted by molar-refractivity contribution is 15.0. The third-order valence-electron chi connectivity index (χ3n) is 4.26. The summed E-state index contributed by atoms with van der Waals surface area (Å²) in [5, 5.41) is 27.0. The Hall–Kier alpha value is -1.82. The van der Waals surface area contributed by atoms with Crippen molar-refractivity contribution in [2.45, 2.75) is 68.5 Å². The van der Waals surface area contributed by atoms with Gasteiger partial charge in [0.2, 0.25) is 0 Å². The minimum absolute atomic E-state index is 0. The molecule has 0 fully saturated rings. The lowest BCUT2D eigenvalue weighted by Crippen LogP contribution is -2.12. The molecule has 2 rings (SSSR count). The SMILES string of the molecule is C.CC(=O)OCc1cnc(C)c(OC(C)=O)c1COC(C)=O.Cc1ncc(CO)c(CO)c1O.Cl.II. The Balaban J connectivity index is -0.000000619. The minimum Gasteiger partial charge on any atom is -0.506 e. The van der Waals surface area contributed by atoms with Crippen LogP contribution in [0.3, 0.4) is 0 Å². The first kappa shape index (κ1) is 39.7. The normalized spacial score (nSPS) is 9.11. The fourth-order valence-corrected chi connectivity index (χ4v) is 2.59. The molecule has 0 aromatic carbocycles. The number of carbonyl (C=O) groups is 3. The fourth-order valence-electron chi connectivity index (χ4n) is 2.59. The number of esters is 3. The summed E-state index contributed by atoms with van der Waals surface area (Å²) >= 11 is 4.24. The first-order chi connectivity index (χ1) is 16.5. The van der Waals surface area contributed by atoms with Crippen LogP contribution in [0, 0.1) is 13.8 Å². The largest absolute Gasteiger partial charge is 0.506 e. The van der Waals surface area contributed by atoms with Gasteiger partial charge in [0.05, 0.1) is 24.6 Å². The Bertz CT molecular complexity index is 1020. The lowest BCUT2D eigenvalue weighted by molar-refractivity contribution is -0.144. The molecule has 37 heavy (non-hydrogen) atoms. The number of aromatic hydroxyl groups is 1. The molecule has 0 spiro atoms. The Kier molecular flexibility index (Phi) is 22.7. The summed E-state index contributed by atoms with van der Waals surface area (Å²) in [5.74, 6) is -1.27. The molecule has 11 nitrogen and oxygen atoms in total. The minimum atomic E-state index is -0.520. The number of aryl methyl sites for hydroxylation is 2. The molecule has 0 aliphatic heterocycles. The van der Waals surface area contributed by atoms with Crippen LogP contribution in [-0.4, -0.2) is 43.2 Å². The molecule has 0 unspecified atom stereocenters. The van der Waals surface area contributed by atoms with Crippen LogP contribution < -0.4 is 4.74 Å². The van der Waals surface area contributed by atoms with Gasteiger partial charge in [-0.1, -0.05) is 7.43 Å². The molecule has 0 atom stereocenters. The molecule has 0 amide bonds. The molecule has 2 heterocycles. The van der Waals surface area contributed by atoms with E-state index in [0.29, 0.717) is 33.6 Å². The topological polar surface area (TPSA) is 165 Å². The number of aliphatic hydroxyl groups is 2. The van der Waals surface area contributed by atoms with Crippen molar-refractivity contribution in [1.82, 2.24) is 9.97 Å². The number of ether oxygens (including phenoxy) is 3. The van der Waals surface area contributed by atoms with E-state index in [1.54, 1.807) is 13.8 Å². The summed E-state index contributed by atoms with van der Waals surface area (Å²) in [4.78, 5) is 41.0. The number of halogens is 3. The summed E-state index contributed by atoms with van der Waals surface area (Å²) in [6.45, 7) is 6.44. The van der Waals surface area contributed by atoms with E-state index >= 15 is 0 Å². The van der Waals surface area contributed by atoms with Gasteiger partial charge in [-0.2, -0.15) is 0 Å². The first-order valence-electron chi connectivity index (χ1n) is 9.96. The predicted octanol–water partition coefficient (Wildman–Crippen LogP) is 4.35. The molecule has 2 aromatic heterocycles. The van der Waals surface area contributed by atoms with Crippen molar-refractivity contribution in [3.8, 4) is 11.5 Å². The number of rotatable bonds is 7. The van der Waals surface area contributed by atoms with E-state index in [-0.39, 0.29) is 57.8 Å². The number of hydrogen-bond acceptors (Lipinski definition) is 11. The van der Waals surface area contributed by atoms with E-state index in [2.05, 4.69) is 47.2 Å². The van der Waals surface area contributed by atoms with Crippen molar-refractivity contribution in [2.24, 2.45) is 0 Å². The van der Waals surface area contributed by atoms with Crippen molar-refractivity contribution in [1.29, 1.82) is 0 Å². The zero-order chi connectivity index (χ0) is 27.1. The average Bonchev–Trinajstić information content (AvgIpc) is 2.81. The summed E-state index contributed by atoms with van der Waals surface area (Å²) in [7, 11) is 0. The van der Waals surface area contributed by atoms with Crippen LogP contribution in [0.1, 0.15) is 61.8 Å². The van der Waals surface area contributed by atoms with Gasteiger partial charge in [0.15, 0.2) is 5.75 Å². The molecule has 0 bridgehead atoms. The third-order valence-corrected chi connectivity index (χ3v) is 4.26. The van der Waals surface area contributed by atoms with Gasteiger partial charge in [-0.3, -0.25) is 24.4 Å². The van der Waals surface area contributed by atoms with Crippen LogP contribution in [0.5, 0.6) is 11.5 Å². The maximum Gasteiger partial charge on any atom is 0.308 e. The molecule has 14 heteroatoms. The smallest absolute Gasteiger partial charge is 0.308 e. The highest BCUT2D eigenvalue weighted by Crippen LogP contribution is 2.27. The van der Waals surface area contributed by atoms with Crippen molar-refractivity contribution in [3.63, 3.8) is 0 Å². The quantitative estimate of drug-likeness (QED) is 0.271. The Labute approximate surface area is 246 Å². The summed E-state index contributed by atoms with van der Waals surface area (Å²) in [6.07, 6.45) is 2.94. The lowest BCUT2D eigenvalue weighted by atomic mass is 10.1. The van der Waals surface area contributed by atoms with Crippen molar-refractivity contribution < 1.29 is 43.9 Å². The number of pyridine rings is 2. The molecule has 210 valence electrons. The maximum absolute atomic E-state index is 11.2. The number of carbonyl (C=O) groups excluding carboxylic acids is 3. The molecular weight excluding hydrogens is 738 g/mol. The molecule has 0 aliphatic rings. The second kappa shape index (κ2) is 21.2. The molecule has 2 aromatic rings. The summed E-state index contributed by atoms with van der Waals surface area (Å²) in [5.41, 5.74) is 2.70. The lowest BCUT2D eigenvalue weighted by Gasteiger charge is -2.15. The Morgan fingerprint density at radius 3 is 1.76 bits per heavy atom. The van der Waals surface area contributed by atoms with Gasteiger partial charge in [-0.25, -0.2) is 0 Å². The highest BCUT2D eigenvalue weighted by Gasteiger charge is 2.18. The van der Waals surface area contributed by atoms with Gasteiger partial charge < -0.3 is 29.5 Å². The second-order valence-corrected chi connectivity index (χ2v) is 6.84. The molecule has 0 saturated carbocycles. The van der Waals surface area contributed by atoms with Gasteiger partial charge in [-0.05, 0) is 13.8 Å². The third kappa shape index (κ3) is 14.1. The van der Waals surface area contributed by atoms with Crippen LogP contribution >= 0.6 is 49.6 Å². The van der Waals surface area contributed by atoms with E-state index < -0.39 is 17.9 Å². The van der Waals surface area contributed by atoms with Crippen LogP contribution in [0.2, 0.25) is 0 Å². The standard InChI is InChI=1S/C14H17NO6.C8H11NO3.CH4.ClH.I2/c1-8-14(21-11(4)18)13(7-20-10(3)17)12(5-15-8)6-19-9(2)16;1-5-8(12)7(4-11)6(3-10)2-9-5;;;1-2/h5H,6-7H2,1-4H3;2,10-12H,3-4H2,1H3;1H4;1H;. The van der Waals surface area contributed by atoms with Gasteiger partial charge >= 0.3 is 17.9 Å². The number of aliphatic hydroxyl groups excluding tert-OH is 2. The van der Waals surface area contributed by atoms with E-state index in [0.717, 1.165) is 0 Å². The Morgan fingerprint density at radius 2 is 1.30 bits per heavy atom. The number of nitrogens with zero attached hydrogens (tertiary/aromatic N) is 2. The van der Waals surface area contributed by atoms with E-state index in [9.17, 15) is 19.5 Å². The second-order valence-electron chi connectivity index (χ2n) is 6.84. The molecule has 0 radical (unpaired) electrons. The number of hydrogen-bond donors (Lipinski definition) is 3. The van der Waals surface area contributed by atoms with Crippen LogP contribution in [0.4, 0.5) is 0 Å². The van der Waals surface area contributed by atoms with Crippen LogP contribution in [-0.2, 0) is 50.3 Å². The maximum atomic E-state index is 11.2. The zero-order valence-corrected chi connectivity index (χ0v) is 25.5. The van der Waals surface area contributed by atoms with Crippen molar-refractivity contribution in [2.75, 3.05) is 0 Å². The van der Waals surface area contributed by atoms with Crippen molar-refractivity contribution in [3.05, 3.63) is 46.0 Å². The Morgan fingerprint density at radius 1 is 0.811 bits per heavy atom. The fraction of sp³-hybridized carbons (Fsp3) is 0.435. The number of aromatic nitrogens is 2. The van der Waals surface area contributed by atoms with Crippen molar-refractivity contribution >= 4 is 67.5 Å². The summed E-state index contributed by atoms with van der Waals surface area (Å²) in [6, 6.07) is 0. The average molecular weight is 771 g/mol. The molecule has 0 saturated heterocycles. The molecule has 3 N–H and O–H groups in total. The molecule has 0 aliphatic carbocycles. The van der Waals surface area contributed by atoms with Gasteiger partial charge in [-0.15, -0.1) is 12.4 Å². The van der Waals surface area contributed by atoms with Gasteiger partial charge in [0.1, 0.15) is 19.0 Å². The van der Waals surface area contributed by atoms with Crippen LogP contribution in [0.15, 0.2) is 12.4 Å². The van der Waals surface area contributed by atoms with Gasteiger partial charge in [0.25, 0.3) is 0 Å². The van der Waals surface area contributed by atoms with Gasteiger partial charge in [0, 0.05) is 92.7 Å². The zero-order valence-electron chi connectivity index (χ0n) is 20.3. The van der Waals surface area contributed by atoms with E-state index in [1.165, 1.54) is 33.2 Å². The van der Waals surface area contributed by atoms with Crippen LogP contribution in [0.25, 0.3) is 0 Å². The molecular formula is C23H33ClI2N2O9. The van der Waals surface area contributed by atoms with E-state index in [4.69, 9.17) is 24.4 Å².